The van der Waals surface area contributed by atoms with Gasteiger partial charge in [-0.25, -0.2) is 4.57 Å². The average Bonchev–Trinajstić information content (AvgIpc) is 2.46. The van der Waals surface area contributed by atoms with Gasteiger partial charge in [-0.15, -0.1) is 0 Å². The number of hydrogen-bond donors (Lipinski definition) is 2. The van der Waals surface area contributed by atoms with Crippen LogP contribution in [0, 0.1) is 0 Å². The van der Waals surface area contributed by atoms with Gasteiger partial charge in [0.05, 0.1) is 34.4 Å². The maximum atomic E-state index is 11.7. The van der Waals surface area contributed by atoms with Crippen LogP contribution in [0.15, 0.2) is 0 Å². The summed E-state index contributed by atoms with van der Waals surface area (Å²) in [4.78, 5) is 21.2. The predicted molar refractivity (Wildman–Crippen MR) is 90.4 cm³/mol. The number of phosphoric acid groups is 1. The van der Waals surface area contributed by atoms with Crippen LogP contribution >= 0.6 is 7.82 Å². The van der Waals surface area contributed by atoms with Gasteiger partial charge >= 0.3 is 13.8 Å². The Bertz CT molecular complexity index is 398. The molecule has 0 aliphatic rings. The zero-order valence-corrected chi connectivity index (χ0v) is 16.2. The fraction of sp³-hybridized carbons (Fsp3) is 0.933. The second kappa shape index (κ2) is 12.0. The van der Waals surface area contributed by atoms with Gasteiger partial charge < -0.3 is 19.2 Å². The SMILES string of the molecule is CCCCCCC(=O)O[C@H](CO)COP(=O)(O)OCC[N+](C)(C)C. The van der Waals surface area contributed by atoms with Crippen LogP contribution in [0.3, 0.4) is 0 Å². The molecule has 2 atom stereocenters. The number of esters is 1. The fourth-order valence-corrected chi connectivity index (χ4v) is 2.45. The van der Waals surface area contributed by atoms with Crippen LogP contribution in [0.25, 0.3) is 0 Å². The molecule has 0 heterocycles. The molecule has 0 aliphatic carbocycles. The van der Waals surface area contributed by atoms with Crippen molar-refractivity contribution < 1.29 is 37.6 Å². The van der Waals surface area contributed by atoms with E-state index in [2.05, 4.69) is 6.92 Å². The number of aliphatic hydroxyl groups excluding tert-OH is 1. The summed E-state index contributed by atoms with van der Waals surface area (Å²) in [6.07, 6.45) is 3.06. The molecule has 144 valence electrons. The summed E-state index contributed by atoms with van der Waals surface area (Å²) in [6, 6.07) is 0. The molecule has 0 bridgehead atoms. The summed E-state index contributed by atoms with van der Waals surface area (Å²) in [5, 5.41) is 9.19. The Hall–Kier alpha value is -0.500. The smallest absolute Gasteiger partial charge is 0.457 e. The molecule has 0 saturated carbocycles. The highest BCUT2D eigenvalue weighted by molar-refractivity contribution is 7.47. The van der Waals surface area contributed by atoms with Crippen LogP contribution in [0.5, 0.6) is 0 Å². The molecule has 0 aromatic rings. The molecule has 9 heteroatoms. The van der Waals surface area contributed by atoms with Gasteiger partial charge in [0.15, 0.2) is 0 Å². The van der Waals surface area contributed by atoms with Gasteiger partial charge in [-0.2, -0.15) is 0 Å². The van der Waals surface area contributed by atoms with Crippen molar-refractivity contribution in [2.75, 3.05) is 47.5 Å². The van der Waals surface area contributed by atoms with Gasteiger partial charge in [0.25, 0.3) is 0 Å². The lowest BCUT2D eigenvalue weighted by atomic mass is 10.1. The Morgan fingerprint density at radius 1 is 1.17 bits per heavy atom. The van der Waals surface area contributed by atoms with E-state index in [1.165, 1.54) is 0 Å². The fourth-order valence-electron chi connectivity index (χ4n) is 1.71. The number of ether oxygens (including phenoxy) is 1. The third-order valence-electron chi connectivity index (χ3n) is 3.18. The number of unbranched alkanes of at least 4 members (excludes halogenated alkanes) is 3. The van der Waals surface area contributed by atoms with Gasteiger partial charge in [-0.1, -0.05) is 26.2 Å². The van der Waals surface area contributed by atoms with Gasteiger partial charge in [0.1, 0.15) is 19.3 Å². The Balaban J connectivity index is 4.09. The lowest BCUT2D eigenvalue weighted by Crippen LogP contribution is -2.37. The minimum atomic E-state index is -4.23. The van der Waals surface area contributed by atoms with E-state index in [9.17, 15) is 19.4 Å². The van der Waals surface area contributed by atoms with Gasteiger partial charge in [0.2, 0.25) is 0 Å². The van der Waals surface area contributed by atoms with Crippen molar-refractivity contribution in [2.45, 2.75) is 45.1 Å². The van der Waals surface area contributed by atoms with Crippen molar-refractivity contribution in [3.63, 3.8) is 0 Å². The van der Waals surface area contributed by atoms with Crippen molar-refractivity contribution in [3.8, 4) is 0 Å². The number of carbonyl (C=O) groups is 1. The van der Waals surface area contributed by atoms with Crippen LogP contribution < -0.4 is 0 Å². The molecule has 0 rings (SSSR count). The van der Waals surface area contributed by atoms with E-state index < -0.39 is 33.1 Å². The first-order chi connectivity index (χ1) is 11.1. The first kappa shape index (κ1) is 23.5. The predicted octanol–water partition coefficient (Wildman–Crippen LogP) is 1.70. The first-order valence-corrected chi connectivity index (χ1v) is 9.82. The second-order valence-electron chi connectivity index (χ2n) is 6.72. The number of hydrogen-bond acceptors (Lipinski definition) is 6. The van der Waals surface area contributed by atoms with E-state index in [-0.39, 0.29) is 13.0 Å². The van der Waals surface area contributed by atoms with Crippen molar-refractivity contribution >= 4 is 13.8 Å². The summed E-state index contributed by atoms with van der Waals surface area (Å²) >= 11 is 0. The summed E-state index contributed by atoms with van der Waals surface area (Å²) in [7, 11) is 1.54. The minimum Gasteiger partial charge on any atom is -0.457 e. The molecule has 1 unspecified atom stereocenters. The third kappa shape index (κ3) is 13.9. The van der Waals surface area contributed by atoms with Crippen LogP contribution in [0.2, 0.25) is 0 Å². The minimum absolute atomic E-state index is 0.0539. The van der Waals surface area contributed by atoms with Crippen LogP contribution in [0.4, 0.5) is 0 Å². The van der Waals surface area contributed by atoms with Crippen LogP contribution in [-0.2, 0) is 23.1 Å². The topological polar surface area (TPSA) is 102 Å². The van der Waals surface area contributed by atoms with Crippen LogP contribution in [0.1, 0.15) is 39.0 Å². The van der Waals surface area contributed by atoms with Crippen molar-refractivity contribution in [1.82, 2.24) is 0 Å². The van der Waals surface area contributed by atoms with Crippen molar-refractivity contribution in [3.05, 3.63) is 0 Å². The third-order valence-corrected chi connectivity index (χ3v) is 4.16. The number of phosphoric ester groups is 1. The zero-order valence-electron chi connectivity index (χ0n) is 15.3. The highest BCUT2D eigenvalue weighted by Crippen LogP contribution is 2.43. The normalized spacial score (nSPS) is 15.8. The Morgan fingerprint density at radius 3 is 2.38 bits per heavy atom. The Morgan fingerprint density at radius 2 is 1.83 bits per heavy atom. The van der Waals surface area contributed by atoms with Gasteiger partial charge in [0, 0.05) is 6.42 Å². The van der Waals surface area contributed by atoms with E-state index in [1.54, 1.807) is 0 Å². The molecular weight excluding hydrogens is 337 g/mol. The molecule has 0 amide bonds. The molecule has 0 radical (unpaired) electrons. The quantitative estimate of drug-likeness (QED) is 0.208. The number of rotatable bonds is 14. The van der Waals surface area contributed by atoms with Crippen LogP contribution in [-0.4, -0.2) is 74.1 Å². The van der Waals surface area contributed by atoms with Crippen molar-refractivity contribution in [2.24, 2.45) is 0 Å². The highest BCUT2D eigenvalue weighted by atomic mass is 31.2. The molecular formula is C15H33NO7P+. The first-order valence-electron chi connectivity index (χ1n) is 8.32. The molecule has 0 spiro atoms. The lowest BCUT2D eigenvalue weighted by Gasteiger charge is -2.24. The van der Waals surface area contributed by atoms with E-state index in [0.717, 1.165) is 25.7 Å². The molecule has 0 fully saturated rings. The standard InChI is InChI=1S/C15H32NO7P/c1-5-6-7-8-9-15(18)23-14(12-17)13-22-24(19,20)21-11-10-16(2,3)4/h14,17H,5-13H2,1-4H3/p+1/t14-/m1/s1. The highest BCUT2D eigenvalue weighted by Gasteiger charge is 2.25. The average molecular weight is 370 g/mol. The molecule has 0 saturated heterocycles. The van der Waals surface area contributed by atoms with Crippen molar-refractivity contribution in [1.29, 1.82) is 0 Å². The Labute approximate surface area is 144 Å². The monoisotopic (exact) mass is 370 g/mol. The number of likely N-dealkylation sites (N-methyl/N-ethyl adjacent to an activating group) is 1. The Kier molecular flexibility index (Phi) is 11.7. The summed E-state index contributed by atoms with van der Waals surface area (Å²) < 4.78 is 27.0. The van der Waals surface area contributed by atoms with Gasteiger partial charge in [-0.3, -0.25) is 13.8 Å². The van der Waals surface area contributed by atoms with Gasteiger partial charge in [-0.05, 0) is 6.42 Å². The van der Waals surface area contributed by atoms with E-state index in [0.29, 0.717) is 11.0 Å². The molecule has 8 nitrogen and oxygen atoms in total. The summed E-state index contributed by atoms with van der Waals surface area (Å²) in [5.74, 6) is -0.451. The summed E-state index contributed by atoms with van der Waals surface area (Å²) in [6.45, 7) is 1.78. The van der Waals surface area contributed by atoms with E-state index in [4.69, 9.17) is 13.8 Å². The molecule has 24 heavy (non-hydrogen) atoms. The number of quaternary nitrogens is 1. The number of aliphatic hydroxyl groups is 1. The molecule has 0 aromatic heterocycles. The molecule has 2 N–H and O–H groups in total. The molecule has 0 aromatic carbocycles. The number of nitrogens with zero attached hydrogens (tertiary/aromatic N) is 1. The summed E-state index contributed by atoms with van der Waals surface area (Å²) in [5.41, 5.74) is 0. The maximum Gasteiger partial charge on any atom is 0.472 e. The van der Waals surface area contributed by atoms with E-state index in [1.807, 2.05) is 21.1 Å². The second-order valence-corrected chi connectivity index (χ2v) is 8.17. The maximum absolute atomic E-state index is 11.7. The largest absolute Gasteiger partial charge is 0.472 e. The zero-order chi connectivity index (χ0) is 18.6. The number of carbonyl (C=O) groups excluding carboxylic acids is 1. The molecule has 0 aliphatic heterocycles. The van der Waals surface area contributed by atoms with E-state index >= 15 is 0 Å². The lowest BCUT2D eigenvalue weighted by molar-refractivity contribution is -0.870.